The van der Waals surface area contributed by atoms with E-state index in [1.807, 2.05) is 0 Å². The van der Waals surface area contributed by atoms with E-state index in [9.17, 15) is 39.6 Å². The molecule has 0 fully saturated rings. The predicted octanol–water partition coefficient (Wildman–Crippen LogP) is 4.64. The number of carboxylic acids is 4. The number of hydrogen-bond donors (Lipinski definition) is 0. The molecular weight excluding hydrogens is 679 g/mol. The van der Waals surface area contributed by atoms with Crippen LogP contribution >= 0.6 is 0 Å². The van der Waals surface area contributed by atoms with Crippen molar-refractivity contribution in [2.45, 2.75) is 191 Å². The van der Waals surface area contributed by atoms with Gasteiger partial charge in [-0.3, -0.25) is 0 Å². The van der Waals surface area contributed by atoms with E-state index < -0.39 is 35.7 Å². The van der Waals surface area contributed by atoms with Gasteiger partial charge in [0, 0.05) is 23.9 Å². The molecule has 0 amide bonds. The molecule has 8 nitrogen and oxygen atoms in total. The molecule has 2 unspecified atom stereocenters. The van der Waals surface area contributed by atoms with Crippen LogP contribution in [0.25, 0.3) is 0 Å². The van der Waals surface area contributed by atoms with Gasteiger partial charge in [0.25, 0.3) is 0 Å². The zero-order chi connectivity index (χ0) is 34.6. The Morgan fingerprint density at radius 2 is 0.711 bits per heavy atom. The minimum absolute atomic E-state index is 0.0692. The third kappa shape index (κ3) is 42.7. The van der Waals surface area contributed by atoms with Crippen molar-refractivity contribution in [2.24, 2.45) is 11.8 Å². The van der Waals surface area contributed by atoms with Crippen LogP contribution in [0.15, 0.2) is 0 Å². The molecule has 9 heteroatoms. The van der Waals surface area contributed by atoms with Crippen molar-refractivity contribution >= 4 is 45.0 Å². The van der Waals surface area contributed by atoms with Gasteiger partial charge >= 0.3 is 69.5 Å². The molecule has 0 aromatic heterocycles. The van der Waals surface area contributed by atoms with E-state index in [2.05, 4.69) is 27.7 Å². The summed E-state index contributed by atoms with van der Waals surface area (Å²) in [6.45, 7) is 8.91. The van der Waals surface area contributed by atoms with Crippen LogP contribution in [0.1, 0.15) is 182 Å². The number of hydrogen-bond acceptors (Lipinski definition) is 8. The molecule has 0 saturated carbocycles. The Morgan fingerprint density at radius 1 is 0.422 bits per heavy atom. The number of unbranched alkanes of at least 4 members (excludes halogenated alkanes) is 12. The quantitative estimate of drug-likeness (QED) is 0.0759. The maximum atomic E-state index is 10.9. The molecule has 0 aromatic rings. The molecule has 0 aliphatic rings. The van der Waals surface area contributed by atoms with Gasteiger partial charge in [-0.1, -0.05) is 90.9 Å². The average Bonchev–Trinajstić information content (AvgIpc) is 2.98. The second-order valence-corrected chi connectivity index (χ2v) is 18.5. The Kier molecular flexibility index (Phi) is 41.5. The molecule has 4 radical (unpaired) electrons. The Morgan fingerprint density at radius 3 is 1.00 bits per heavy atom. The Balaban J connectivity index is -0.000000622. The van der Waals surface area contributed by atoms with Crippen LogP contribution in [0.2, 0.25) is 8.87 Å². The molecule has 2 atom stereocenters. The topological polar surface area (TPSA) is 161 Å². The van der Waals surface area contributed by atoms with Gasteiger partial charge in [-0.25, -0.2) is 0 Å². The van der Waals surface area contributed by atoms with E-state index >= 15 is 0 Å². The summed E-state index contributed by atoms with van der Waals surface area (Å²) in [5.41, 5.74) is 0. The van der Waals surface area contributed by atoms with Crippen molar-refractivity contribution in [2.75, 3.05) is 0 Å². The minimum atomic E-state index is -1.12. The van der Waals surface area contributed by atoms with E-state index in [1.54, 1.807) is 8.87 Å². The summed E-state index contributed by atoms with van der Waals surface area (Å²) in [5.74, 6) is -5.35. The molecule has 0 bridgehead atoms. The first-order chi connectivity index (χ1) is 21.6. The van der Waals surface area contributed by atoms with Crippen molar-refractivity contribution < 1.29 is 39.6 Å². The number of carbonyl (C=O) groups excluding carboxylic acids is 4. The first kappa shape index (κ1) is 48.1. The number of aliphatic carboxylic acids is 4. The molecule has 0 aliphatic heterocycles. The van der Waals surface area contributed by atoms with Crippen molar-refractivity contribution in [3.63, 3.8) is 0 Å². The molecule has 0 aromatic carbocycles. The van der Waals surface area contributed by atoms with E-state index in [0.29, 0.717) is 38.5 Å². The molecule has 264 valence electrons. The number of carboxylic acid groups (broad SMARTS) is 4. The van der Waals surface area contributed by atoms with Crippen LogP contribution in [-0.2, 0) is 19.2 Å². The number of carbonyl (C=O) groups is 4. The molecule has 0 heterocycles. The monoisotopic (exact) mass is 748 g/mol. The summed E-state index contributed by atoms with van der Waals surface area (Å²) in [6, 6.07) is 0. The van der Waals surface area contributed by atoms with Crippen molar-refractivity contribution in [1.29, 1.82) is 0 Å². The van der Waals surface area contributed by atoms with Gasteiger partial charge in [-0.2, -0.15) is 0 Å². The summed E-state index contributed by atoms with van der Waals surface area (Å²) in [4.78, 5) is 42.2. The Labute approximate surface area is 286 Å². The van der Waals surface area contributed by atoms with Crippen molar-refractivity contribution in [1.82, 2.24) is 0 Å². The first-order valence-electron chi connectivity index (χ1n) is 18.4. The van der Waals surface area contributed by atoms with Gasteiger partial charge < -0.3 is 39.6 Å². The van der Waals surface area contributed by atoms with Crippen LogP contribution in [0.3, 0.4) is 0 Å². The summed E-state index contributed by atoms with van der Waals surface area (Å²) in [5, 5.41) is 42.2. The second kappa shape index (κ2) is 38.9. The molecule has 0 saturated heterocycles. The summed E-state index contributed by atoms with van der Waals surface area (Å²) < 4.78 is 3.33. The van der Waals surface area contributed by atoms with Crippen LogP contribution < -0.4 is 20.4 Å². The van der Waals surface area contributed by atoms with E-state index in [1.165, 1.54) is 64.2 Å². The molecule has 0 spiro atoms. The van der Waals surface area contributed by atoms with Gasteiger partial charge in [0.05, 0.1) is 0 Å². The fourth-order valence-corrected chi connectivity index (χ4v) is 11.0. The van der Waals surface area contributed by atoms with Gasteiger partial charge in [0.15, 0.2) is 0 Å². The standard InChI is InChI=1S/2C14H26O4.2C4H9.Sn.2H/c2*1-2-3-4-5-6-7-9-12(14(17)18)10-8-11-13(15)16;2*1-3-4-2;;;/h2*12H,2-11H2,1H3,(H,15,16)(H,17,18);2*1,3-4H2,2H3;;;/q;;;;+4;;/p-4. The van der Waals surface area contributed by atoms with Gasteiger partial charge in [0.2, 0.25) is 0 Å². The summed E-state index contributed by atoms with van der Waals surface area (Å²) in [6.07, 6.45) is 21.9. The fraction of sp³-hybridized carbons (Fsp3) is 0.889. The predicted molar refractivity (Wildman–Crippen MR) is 179 cm³/mol. The van der Waals surface area contributed by atoms with E-state index in [-0.39, 0.29) is 34.0 Å². The van der Waals surface area contributed by atoms with Crippen LogP contribution in [0.4, 0.5) is 0 Å². The van der Waals surface area contributed by atoms with Crippen LogP contribution in [0.5, 0.6) is 0 Å². The molecule has 0 N–H and O–H groups in total. The molecular formula is C36H68O8Sn. The first-order valence-corrected chi connectivity index (χ1v) is 24.1. The van der Waals surface area contributed by atoms with Gasteiger partial charge in [-0.05, 0) is 63.2 Å². The normalized spacial score (nSPS) is 11.8. The van der Waals surface area contributed by atoms with Gasteiger partial charge in [-0.15, -0.1) is 0 Å². The Hall–Kier alpha value is -1.32. The fourth-order valence-electron chi connectivity index (χ4n) is 5.12. The maximum absolute atomic E-state index is 10.9. The third-order valence-corrected chi connectivity index (χ3v) is 13.8. The molecule has 0 aliphatic carbocycles. The third-order valence-electron chi connectivity index (χ3n) is 8.05. The zero-order valence-electron chi connectivity index (χ0n) is 29.5. The van der Waals surface area contributed by atoms with E-state index in [0.717, 1.165) is 38.5 Å². The van der Waals surface area contributed by atoms with Crippen LogP contribution in [0, 0.1) is 11.8 Å². The number of rotatable bonds is 30. The SMILES string of the molecule is CCCCCCCCC(CCCC(=O)[O-])C(=O)[O-].CCCCCCCCC(CCCC(=O)[O-])C(=O)[O-].CCC[CH2][SnH2+4][CH2]CCC. The molecule has 45 heavy (non-hydrogen) atoms. The van der Waals surface area contributed by atoms with Crippen LogP contribution in [-0.4, -0.2) is 45.0 Å². The average molecular weight is 748 g/mol. The van der Waals surface area contributed by atoms with Gasteiger partial charge in [0.1, 0.15) is 0 Å². The summed E-state index contributed by atoms with van der Waals surface area (Å²) >= 11 is -0.159. The summed E-state index contributed by atoms with van der Waals surface area (Å²) in [7, 11) is 0. The zero-order valence-corrected chi connectivity index (χ0v) is 33.5. The molecule has 0 rings (SSSR count). The van der Waals surface area contributed by atoms with Crippen molar-refractivity contribution in [3.8, 4) is 0 Å². The Bertz CT molecular complexity index is 630. The van der Waals surface area contributed by atoms with Crippen molar-refractivity contribution in [3.05, 3.63) is 0 Å². The van der Waals surface area contributed by atoms with E-state index in [4.69, 9.17) is 0 Å². The second-order valence-electron chi connectivity index (χ2n) is 12.4.